The van der Waals surface area contributed by atoms with E-state index in [0.717, 1.165) is 49.3 Å². The highest BCUT2D eigenvalue weighted by atomic mass is 16.2. The van der Waals surface area contributed by atoms with Gasteiger partial charge in [0.15, 0.2) is 0 Å². The van der Waals surface area contributed by atoms with Gasteiger partial charge in [0.2, 0.25) is 0 Å². The normalized spacial score (nSPS) is 17.0. The number of hydrogen-bond donors (Lipinski definition) is 0. The first kappa shape index (κ1) is 20.5. The van der Waals surface area contributed by atoms with E-state index in [0.29, 0.717) is 18.7 Å². The van der Waals surface area contributed by atoms with Crippen LogP contribution < -0.4 is 9.80 Å². The average molecular weight is 432 g/mol. The summed E-state index contributed by atoms with van der Waals surface area (Å²) in [5, 5.41) is 4.26. The molecule has 0 spiro atoms. The number of hydrogen-bond acceptors (Lipinski definition) is 6. The van der Waals surface area contributed by atoms with Gasteiger partial charge < -0.3 is 14.7 Å². The van der Waals surface area contributed by atoms with Crippen molar-refractivity contribution in [1.29, 1.82) is 0 Å². The van der Waals surface area contributed by atoms with E-state index in [-0.39, 0.29) is 5.91 Å². The number of rotatable bonds is 4. The van der Waals surface area contributed by atoms with Crippen molar-refractivity contribution in [2.75, 3.05) is 49.1 Å². The maximum atomic E-state index is 13.1. The molecule has 1 amide bonds. The first-order chi connectivity index (χ1) is 15.7. The third-order valence-corrected chi connectivity index (χ3v) is 6.24. The molecule has 2 saturated heterocycles. The van der Waals surface area contributed by atoms with Crippen LogP contribution in [-0.4, -0.2) is 69.8 Å². The lowest BCUT2D eigenvalue weighted by Gasteiger charge is -2.36. The van der Waals surface area contributed by atoms with Gasteiger partial charge in [0.05, 0.1) is 5.69 Å². The Bertz CT molecular complexity index is 1070. The molecule has 8 nitrogen and oxygen atoms in total. The van der Waals surface area contributed by atoms with Crippen molar-refractivity contribution in [2.45, 2.75) is 26.2 Å². The van der Waals surface area contributed by atoms with Crippen LogP contribution in [0.3, 0.4) is 0 Å². The van der Waals surface area contributed by atoms with Gasteiger partial charge in [-0.1, -0.05) is 6.07 Å². The summed E-state index contributed by atoms with van der Waals surface area (Å²) in [5.41, 5.74) is 1.58. The van der Waals surface area contributed by atoms with E-state index in [1.807, 2.05) is 48.4 Å². The lowest BCUT2D eigenvalue weighted by atomic mass is 10.1. The van der Waals surface area contributed by atoms with E-state index in [2.05, 4.69) is 25.9 Å². The minimum Gasteiger partial charge on any atom is -0.356 e. The highest BCUT2D eigenvalue weighted by molar-refractivity contribution is 5.95. The molecule has 0 saturated carbocycles. The van der Waals surface area contributed by atoms with Crippen LogP contribution in [0.1, 0.15) is 35.4 Å². The van der Waals surface area contributed by atoms with Gasteiger partial charge in [0, 0.05) is 63.3 Å². The maximum absolute atomic E-state index is 13.1. The third-order valence-electron chi connectivity index (χ3n) is 6.24. The maximum Gasteiger partial charge on any atom is 0.254 e. The Morgan fingerprint density at radius 2 is 1.56 bits per heavy atom. The Hall–Kier alpha value is -3.42. The molecule has 2 aromatic heterocycles. The van der Waals surface area contributed by atoms with Crippen LogP contribution in [0.4, 0.5) is 11.6 Å². The predicted octanol–water partition coefficient (Wildman–Crippen LogP) is 2.92. The monoisotopic (exact) mass is 431 g/mol. The van der Waals surface area contributed by atoms with E-state index in [4.69, 9.17) is 4.98 Å². The summed E-state index contributed by atoms with van der Waals surface area (Å²) in [4.78, 5) is 29.1. The second-order valence-corrected chi connectivity index (χ2v) is 8.46. The van der Waals surface area contributed by atoms with Crippen LogP contribution >= 0.6 is 0 Å². The molecule has 1 aromatic carbocycles. The summed E-state index contributed by atoms with van der Waals surface area (Å²) in [6.07, 6.45) is 7.36. The van der Waals surface area contributed by atoms with E-state index >= 15 is 0 Å². The van der Waals surface area contributed by atoms with E-state index in [1.54, 1.807) is 10.9 Å². The predicted molar refractivity (Wildman–Crippen MR) is 125 cm³/mol. The zero-order valence-corrected chi connectivity index (χ0v) is 18.5. The fourth-order valence-corrected chi connectivity index (χ4v) is 4.51. The van der Waals surface area contributed by atoms with E-state index in [9.17, 15) is 4.79 Å². The number of carbonyl (C=O) groups excluding carboxylic acids is 1. The minimum absolute atomic E-state index is 0.0616. The van der Waals surface area contributed by atoms with Gasteiger partial charge in [0.1, 0.15) is 17.5 Å². The molecule has 0 bridgehead atoms. The number of aryl methyl sites for hydroxylation is 1. The molecule has 0 aliphatic carbocycles. The molecule has 2 aliphatic rings. The Morgan fingerprint density at radius 1 is 0.844 bits per heavy atom. The van der Waals surface area contributed by atoms with Gasteiger partial charge in [-0.3, -0.25) is 4.79 Å². The first-order valence-electron chi connectivity index (χ1n) is 11.4. The van der Waals surface area contributed by atoms with Crippen LogP contribution in [0, 0.1) is 6.92 Å². The molecular formula is C24H29N7O. The summed E-state index contributed by atoms with van der Waals surface area (Å²) < 4.78 is 1.77. The van der Waals surface area contributed by atoms with E-state index < -0.39 is 0 Å². The van der Waals surface area contributed by atoms with Crippen molar-refractivity contribution < 1.29 is 4.79 Å². The highest BCUT2D eigenvalue weighted by Gasteiger charge is 2.24. The molecule has 0 unspecified atom stereocenters. The number of anilines is 2. The second kappa shape index (κ2) is 8.98. The second-order valence-electron chi connectivity index (χ2n) is 8.46. The number of nitrogens with zero attached hydrogens (tertiary/aromatic N) is 7. The van der Waals surface area contributed by atoms with Crippen LogP contribution in [0.5, 0.6) is 0 Å². The van der Waals surface area contributed by atoms with Gasteiger partial charge in [0.25, 0.3) is 5.91 Å². The molecule has 8 heteroatoms. The van der Waals surface area contributed by atoms with Gasteiger partial charge in [-0.2, -0.15) is 5.10 Å². The topological polar surface area (TPSA) is 70.4 Å². The fraction of sp³-hybridized carbons (Fsp3) is 0.417. The average Bonchev–Trinajstić information content (AvgIpc) is 3.39. The number of amides is 1. The SMILES string of the molecule is Cc1nc(N2CCCCC2)cc(N2CCN(C(=O)c3cccc(-n4cccn4)c3)CC2)n1. The quantitative estimate of drug-likeness (QED) is 0.633. The van der Waals surface area contributed by atoms with Crippen molar-refractivity contribution in [3.63, 3.8) is 0 Å². The van der Waals surface area contributed by atoms with Gasteiger partial charge in [-0.15, -0.1) is 0 Å². The number of piperazine rings is 1. The van der Waals surface area contributed by atoms with Crippen molar-refractivity contribution in [2.24, 2.45) is 0 Å². The zero-order valence-electron chi connectivity index (χ0n) is 18.5. The number of aromatic nitrogens is 4. The molecule has 0 N–H and O–H groups in total. The zero-order chi connectivity index (χ0) is 21.9. The number of piperidine rings is 1. The standard InChI is InChI=1S/C24H29N7O/c1-19-26-22(28-10-3-2-4-11-28)18-23(27-19)29-13-15-30(16-14-29)24(32)20-7-5-8-21(17-20)31-12-6-9-25-31/h5-9,12,17-18H,2-4,10-11,13-16H2,1H3. The van der Waals surface area contributed by atoms with Gasteiger partial charge in [-0.05, 0) is 50.5 Å². The van der Waals surface area contributed by atoms with Gasteiger partial charge in [-0.25, -0.2) is 14.6 Å². The van der Waals surface area contributed by atoms with Gasteiger partial charge >= 0.3 is 0 Å². The molecule has 3 aromatic rings. The van der Waals surface area contributed by atoms with Crippen molar-refractivity contribution in [3.8, 4) is 5.69 Å². The molecule has 4 heterocycles. The molecule has 0 radical (unpaired) electrons. The summed E-state index contributed by atoms with van der Waals surface area (Å²) in [6.45, 7) is 6.97. The molecule has 166 valence electrons. The summed E-state index contributed by atoms with van der Waals surface area (Å²) in [7, 11) is 0. The lowest BCUT2D eigenvalue weighted by molar-refractivity contribution is 0.0746. The Morgan fingerprint density at radius 3 is 2.25 bits per heavy atom. The smallest absolute Gasteiger partial charge is 0.254 e. The van der Waals surface area contributed by atoms with Crippen LogP contribution in [0.15, 0.2) is 48.8 Å². The first-order valence-corrected chi connectivity index (χ1v) is 11.4. The number of carbonyl (C=O) groups is 1. The van der Waals surface area contributed by atoms with Crippen LogP contribution in [0.2, 0.25) is 0 Å². The third kappa shape index (κ3) is 4.30. The molecule has 0 atom stereocenters. The highest BCUT2D eigenvalue weighted by Crippen LogP contribution is 2.23. The molecular weight excluding hydrogens is 402 g/mol. The van der Waals surface area contributed by atoms with Crippen molar-refractivity contribution in [3.05, 3.63) is 60.2 Å². The largest absolute Gasteiger partial charge is 0.356 e. The van der Waals surface area contributed by atoms with Crippen LogP contribution in [-0.2, 0) is 0 Å². The Kier molecular flexibility index (Phi) is 5.75. The van der Waals surface area contributed by atoms with Crippen molar-refractivity contribution in [1.82, 2.24) is 24.6 Å². The Labute approximate surface area is 188 Å². The lowest BCUT2D eigenvalue weighted by Crippen LogP contribution is -2.49. The Balaban J connectivity index is 1.26. The van der Waals surface area contributed by atoms with Crippen LogP contribution in [0.25, 0.3) is 5.69 Å². The molecule has 32 heavy (non-hydrogen) atoms. The minimum atomic E-state index is 0.0616. The molecule has 2 fully saturated rings. The van der Waals surface area contributed by atoms with E-state index in [1.165, 1.54) is 19.3 Å². The summed E-state index contributed by atoms with van der Waals surface area (Å²) in [6, 6.07) is 11.6. The van der Waals surface area contributed by atoms with Crippen molar-refractivity contribution >= 4 is 17.5 Å². The fourth-order valence-electron chi connectivity index (χ4n) is 4.51. The summed E-state index contributed by atoms with van der Waals surface area (Å²) >= 11 is 0. The number of benzene rings is 1. The molecule has 5 rings (SSSR count). The molecule has 2 aliphatic heterocycles. The summed E-state index contributed by atoms with van der Waals surface area (Å²) in [5.74, 6) is 2.86.